The first-order valence-corrected chi connectivity index (χ1v) is 5.28. The summed E-state index contributed by atoms with van der Waals surface area (Å²) in [7, 11) is 1.82. The van der Waals surface area contributed by atoms with Gasteiger partial charge in [-0.3, -0.25) is 4.68 Å². The van der Waals surface area contributed by atoms with Gasteiger partial charge < -0.3 is 5.11 Å². The molecule has 14 heavy (non-hydrogen) atoms. The van der Waals surface area contributed by atoms with Gasteiger partial charge in [0.2, 0.25) is 0 Å². The van der Waals surface area contributed by atoms with Crippen molar-refractivity contribution in [2.45, 2.75) is 6.10 Å². The summed E-state index contributed by atoms with van der Waals surface area (Å²) in [5.41, 5.74) is 0.783. The summed E-state index contributed by atoms with van der Waals surface area (Å²) in [6.45, 7) is 0. The minimum Gasteiger partial charge on any atom is -0.383 e. The maximum Gasteiger partial charge on any atom is 0.116 e. The quantitative estimate of drug-likeness (QED) is 0.856. The lowest BCUT2D eigenvalue weighted by Crippen LogP contribution is -1.94. The predicted octanol–water partition coefficient (Wildman–Crippen LogP) is 2.22. The van der Waals surface area contributed by atoms with Crippen LogP contribution in [-0.4, -0.2) is 14.9 Å². The van der Waals surface area contributed by atoms with E-state index in [4.69, 9.17) is 11.6 Å². The second kappa shape index (κ2) is 3.73. The SMILES string of the molecule is Cn1cc(C(O)c2ccc(Cl)s2)cn1. The highest BCUT2D eigenvalue weighted by atomic mass is 35.5. The van der Waals surface area contributed by atoms with Gasteiger partial charge in [0.25, 0.3) is 0 Å². The van der Waals surface area contributed by atoms with E-state index in [2.05, 4.69) is 5.10 Å². The van der Waals surface area contributed by atoms with E-state index in [-0.39, 0.29) is 0 Å². The second-order valence-electron chi connectivity index (χ2n) is 2.99. The maximum atomic E-state index is 9.92. The summed E-state index contributed by atoms with van der Waals surface area (Å²) in [5.74, 6) is 0. The van der Waals surface area contributed by atoms with Crippen LogP contribution in [0.3, 0.4) is 0 Å². The van der Waals surface area contributed by atoms with Crippen LogP contribution >= 0.6 is 22.9 Å². The van der Waals surface area contributed by atoms with E-state index in [0.717, 1.165) is 10.4 Å². The number of nitrogens with zero attached hydrogens (tertiary/aromatic N) is 2. The second-order valence-corrected chi connectivity index (χ2v) is 4.74. The topological polar surface area (TPSA) is 38.0 Å². The summed E-state index contributed by atoms with van der Waals surface area (Å²) in [6.07, 6.45) is 2.82. The van der Waals surface area contributed by atoms with Crippen LogP contribution in [0.15, 0.2) is 24.5 Å². The molecule has 0 saturated carbocycles. The molecule has 2 heterocycles. The molecular formula is C9H9ClN2OS. The third-order valence-corrected chi connectivity index (χ3v) is 3.19. The average molecular weight is 229 g/mol. The van der Waals surface area contributed by atoms with E-state index in [0.29, 0.717) is 4.34 Å². The highest BCUT2D eigenvalue weighted by Crippen LogP contribution is 2.30. The molecule has 5 heteroatoms. The van der Waals surface area contributed by atoms with E-state index < -0.39 is 6.10 Å². The standard InChI is InChI=1S/C9H9ClN2OS/c1-12-5-6(4-11-12)9(13)7-2-3-8(10)14-7/h2-5,9,13H,1H3. The lowest BCUT2D eigenvalue weighted by Gasteiger charge is -2.03. The van der Waals surface area contributed by atoms with Crippen molar-refractivity contribution >= 4 is 22.9 Å². The van der Waals surface area contributed by atoms with Gasteiger partial charge in [0.1, 0.15) is 6.10 Å². The van der Waals surface area contributed by atoms with E-state index in [9.17, 15) is 5.11 Å². The molecule has 74 valence electrons. The van der Waals surface area contributed by atoms with Crippen LogP contribution in [-0.2, 0) is 7.05 Å². The average Bonchev–Trinajstić information content (AvgIpc) is 2.73. The summed E-state index contributed by atoms with van der Waals surface area (Å²) < 4.78 is 2.34. The van der Waals surface area contributed by atoms with E-state index in [1.165, 1.54) is 11.3 Å². The van der Waals surface area contributed by atoms with Gasteiger partial charge in [0.15, 0.2) is 0 Å². The first-order valence-electron chi connectivity index (χ1n) is 4.08. The highest BCUT2D eigenvalue weighted by molar-refractivity contribution is 7.16. The Morgan fingerprint density at radius 1 is 1.57 bits per heavy atom. The molecule has 0 radical (unpaired) electrons. The van der Waals surface area contributed by atoms with Crippen LogP contribution in [0.5, 0.6) is 0 Å². The minimum absolute atomic E-state index is 0.624. The molecule has 2 rings (SSSR count). The van der Waals surface area contributed by atoms with Crippen molar-refractivity contribution in [2.75, 3.05) is 0 Å². The molecule has 0 spiro atoms. The van der Waals surface area contributed by atoms with E-state index >= 15 is 0 Å². The predicted molar refractivity (Wildman–Crippen MR) is 56.6 cm³/mol. The maximum absolute atomic E-state index is 9.92. The normalized spacial score (nSPS) is 13.1. The summed E-state index contributed by atoms with van der Waals surface area (Å²) in [4.78, 5) is 0.836. The number of hydrogen-bond donors (Lipinski definition) is 1. The van der Waals surface area contributed by atoms with E-state index in [1.807, 2.05) is 13.1 Å². The van der Waals surface area contributed by atoms with Crippen LogP contribution in [0.4, 0.5) is 0 Å². The number of thiophene rings is 1. The number of hydrogen-bond acceptors (Lipinski definition) is 3. The van der Waals surface area contributed by atoms with Gasteiger partial charge >= 0.3 is 0 Å². The number of aromatic nitrogens is 2. The van der Waals surface area contributed by atoms with Crippen molar-refractivity contribution in [3.63, 3.8) is 0 Å². The highest BCUT2D eigenvalue weighted by Gasteiger charge is 2.13. The molecule has 0 bridgehead atoms. The zero-order valence-corrected chi connectivity index (χ0v) is 9.09. The van der Waals surface area contributed by atoms with Gasteiger partial charge in [-0.15, -0.1) is 11.3 Å². The Hall–Kier alpha value is -0.840. The minimum atomic E-state index is -0.624. The molecule has 2 aromatic heterocycles. The summed E-state index contributed by atoms with van der Waals surface area (Å²) in [6, 6.07) is 3.60. The van der Waals surface area contributed by atoms with Crippen molar-refractivity contribution < 1.29 is 5.11 Å². The molecule has 0 aromatic carbocycles. The van der Waals surface area contributed by atoms with E-state index in [1.54, 1.807) is 23.1 Å². The number of rotatable bonds is 2. The Bertz CT molecular complexity index is 397. The Balaban J connectivity index is 2.28. The van der Waals surface area contributed by atoms with Crippen LogP contribution in [0.25, 0.3) is 0 Å². The zero-order valence-electron chi connectivity index (χ0n) is 7.51. The van der Waals surface area contributed by atoms with Gasteiger partial charge in [-0.1, -0.05) is 11.6 Å². The number of halogens is 1. The number of aryl methyl sites for hydroxylation is 1. The van der Waals surface area contributed by atoms with Gasteiger partial charge in [-0.25, -0.2) is 0 Å². The van der Waals surface area contributed by atoms with Crippen LogP contribution < -0.4 is 0 Å². The fourth-order valence-electron chi connectivity index (χ4n) is 1.22. The Labute approximate surface area is 90.6 Å². The Kier molecular flexibility index (Phi) is 2.58. The van der Waals surface area contributed by atoms with Gasteiger partial charge in [0.05, 0.1) is 10.5 Å². The van der Waals surface area contributed by atoms with Crippen molar-refractivity contribution in [2.24, 2.45) is 7.05 Å². The molecule has 2 aromatic rings. The first-order chi connectivity index (χ1) is 6.66. The van der Waals surface area contributed by atoms with Crippen molar-refractivity contribution in [1.82, 2.24) is 9.78 Å². The molecule has 0 saturated heterocycles. The third-order valence-electron chi connectivity index (χ3n) is 1.90. The number of aliphatic hydroxyl groups is 1. The number of aliphatic hydroxyl groups excluding tert-OH is 1. The van der Waals surface area contributed by atoms with Gasteiger partial charge in [0, 0.05) is 23.7 Å². The fourth-order valence-corrected chi connectivity index (χ4v) is 2.30. The van der Waals surface area contributed by atoms with Crippen molar-refractivity contribution in [1.29, 1.82) is 0 Å². The first kappa shape index (κ1) is 9.71. The van der Waals surface area contributed by atoms with Crippen molar-refractivity contribution in [3.05, 3.63) is 39.3 Å². The lowest BCUT2D eigenvalue weighted by molar-refractivity contribution is 0.224. The smallest absolute Gasteiger partial charge is 0.116 e. The molecule has 0 aliphatic rings. The summed E-state index contributed by atoms with van der Waals surface area (Å²) in [5, 5.41) is 13.9. The van der Waals surface area contributed by atoms with Gasteiger partial charge in [-0.05, 0) is 12.1 Å². The monoisotopic (exact) mass is 228 g/mol. The van der Waals surface area contributed by atoms with Crippen LogP contribution in [0, 0.1) is 0 Å². The van der Waals surface area contributed by atoms with Crippen LogP contribution in [0.2, 0.25) is 4.34 Å². The molecule has 0 aliphatic carbocycles. The molecule has 0 aliphatic heterocycles. The Morgan fingerprint density at radius 2 is 2.36 bits per heavy atom. The lowest BCUT2D eigenvalue weighted by atomic mass is 10.2. The van der Waals surface area contributed by atoms with Crippen LogP contribution in [0.1, 0.15) is 16.5 Å². The zero-order chi connectivity index (χ0) is 10.1. The fraction of sp³-hybridized carbons (Fsp3) is 0.222. The molecule has 1 unspecified atom stereocenters. The molecule has 0 amide bonds. The van der Waals surface area contributed by atoms with Gasteiger partial charge in [-0.2, -0.15) is 5.10 Å². The summed E-state index contributed by atoms with van der Waals surface area (Å²) >= 11 is 7.16. The molecule has 0 fully saturated rings. The van der Waals surface area contributed by atoms with Crippen molar-refractivity contribution in [3.8, 4) is 0 Å². The molecular weight excluding hydrogens is 220 g/mol. The molecule has 1 atom stereocenters. The third kappa shape index (κ3) is 1.82. The Morgan fingerprint density at radius 3 is 2.86 bits per heavy atom. The molecule has 1 N–H and O–H groups in total. The largest absolute Gasteiger partial charge is 0.383 e. The molecule has 3 nitrogen and oxygen atoms in total.